The Labute approximate surface area is 150 Å². The Hall–Kier alpha value is -1.05. The first-order valence-corrected chi connectivity index (χ1v) is 9.40. The van der Waals surface area contributed by atoms with Crippen molar-refractivity contribution in [3.63, 3.8) is 0 Å². The summed E-state index contributed by atoms with van der Waals surface area (Å²) in [5.41, 5.74) is 3.78. The average molecular weight is 368 g/mol. The van der Waals surface area contributed by atoms with Crippen molar-refractivity contribution < 1.29 is 9.29 Å². The lowest BCUT2D eigenvalue weighted by molar-refractivity contribution is 0.0843. The first-order valence-electron chi connectivity index (χ1n) is 7.87. The zero-order valence-electron chi connectivity index (χ0n) is 14.3. The van der Waals surface area contributed by atoms with Crippen molar-refractivity contribution in [2.75, 3.05) is 6.61 Å². The number of aromatic nitrogens is 2. The molecule has 3 rings (SSSR count). The molecule has 0 bridgehead atoms. The minimum Gasteiger partial charge on any atom is -0.598 e. The van der Waals surface area contributed by atoms with Crippen molar-refractivity contribution in [1.29, 1.82) is 0 Å². The third kappa shape index (κ3) is 3.34. The van der Waals surface area contributed by atoms with Crippen molar-refractivity contribution in [1.82, 2.24) is 14.5 Å². The van der Waals surface area contributed by atoms with Gasteiger partial charge in [0.1, 0.15) is 10.8 Å². The molecule has 1 aromatic heterocycles. The van der Waals surface area contributed by atoms with Crippen molar-refractivity contribution in [2.45, 2.75) is 45.1 Å². The van der Waals surface area contributed by atoms with E-state index >= 15 is 0 Å². The normalized spacial score (nSPS) is 19.2. The summed E-state index contributed by atoms with van der Waals surface area (Å²) in [5, 5.41) is 5.18. The van der Waals surface area contributed by atoms with E-state index in [1.807, 2.05) is 56.8 Å². The van der Waals surface area contributed by atoms with E-state index in [0.717, 1.165) is 22.5 Å². The molecule has 0 spiro atoms. The fourth-order valence-electron chi connectivity index (χ4n) is 2.59. The number of hydrogen-bond acceptors (Lipinski definition) is 4. The molecule has 0 aliphatic carbocycles. The molecule has 5 nitrogen and oxygen atoms in total. The van der Waals surface area contributed by atoms with Gasteiger partial charge in [-0.2, -0.15) is 5.10 Å². The number of aryl methyl sites for hydroxylation is 1. The van der Waals surface area contributed by atoms with Crippen LogP contribution in [0.15, 0.2) is 24.4 Å². The Balaban J connectivity index is 1.94. The lowest BCUT2D eigenvalue weighted by atomic mass is 10.1. The second kappa shape index (κ2) is 6.69. The van der Waals surface area contributed by atoms with Crippen molar-refractivity contribution in [2.24, 2.45) is 0 Å². The third-order valence-electron chi connectivity index (χ3n) is 4.00. The van der Waals surface area contributed by atoms with E-state index < -0.39 is 11.4 Å². The maximum Gasteiger partial charge on any atom is 0.136 e. The number of rotatable bonds is 3. The van der Waals surface area contributed by atoms with Gasteiger partial charge < -0.3 is 9.29 Å². The smallest absolute Gasteiger partial charge is 0.136 e. The van der Waals surface area contributed by atoms with Crippen molar-refractivity contribution in [3.05, 3.63) is 46.2 Å². The summed E-state index contributed by atoms with van der Waals surface area (Å²) in [6, 6.07) is 5.71. The van der Waals surface area contributed by atoms with Crippen LogP contribution in [0.2, 0.25) is 5.02 Å². The maximum absolute atomic E-state index is 12.4. The lowest BCUT2D eigenvalue weighted by Gasteiger charge is -2.30. The summed E-state index contributed by atoms with van der Waals surface area (Å²) in [4.78, 5) is 0. The summed E-state index contributed by atoms with van der Waals surface area (Å²) in [6.07, 6.45) is 1.81. The molecular formula is C17H22ClN3O2S. The number of ether oxygens (including phenoxy) is 1. The molecule has 0 saturated carbocycles. The molecule has 0 fully saturated rings. The van der Waals surface area contributed by atoms with Crippen LogP contribution in [0.3, 0.4) is 0 Å². The van der Waals surface area contributed by atoms with E-state index in [1.165, 1.54) is 0 Å². The van der Waals surface area contributed by atoms with E-state index in [0.29, 0.717) is 18.2 Å². The summed E-state index contributed by atoms with van der Waals surface area (Å²) in [7, 11) is 0. The van der Waals surface area contributed by atoms with Crippen LogP contribution in [0, 0.1) is 6.92 Å². The fourth-order valence-corrected chi connectivity index (χ4v) is 3.60. The highest BCUT2D eigenvalue weighted by molar-refractivity contribution is 7.90. The van der Waals surface area contributed by atoms with Gasteiger partial charge in [0, 0.05) is 16.9 Å². The van der Waals surface area contributed by atoms with Gasteiger partial charge >= 0.3 is 0 Å². The van der Waals surface area contributed by atoms with Crippen LogP contribution in [-0.2, 0) is 22.7 Å². The van der Waals surface area contributed by atoms with E-state index in [9.17, 15) is 4.55 Å². The van der Waals surface area contributed by atoms with Crippen LogP contribution in [-0.4, -0.2) is 25.7 Å². The predicted molar refractivity (Wildman–Crippen MR) is 96.7 cm³/mol. The molecule has 2 heterocycles. The lowest BCUT2D eigenvalue weighted by Crippen LogP contribution is -2.43. The fraction of sp³-hybridized carbons (Fsp3) is 0.471. The van der Waals surface area contributed by atoms with Gasteiger partial charge in [0.25, 0.3) is 0 Å². The predicted octanol–water partition coefficient (Wildman–Crippen LogP) is 3.46. The van der Waals surface area contributed by atoms with Gasteiger partial charge in [0.15, 0.2) is 0 Å². The summed E-state index contributed by atoms with van der Waals surface area (Å²) in [5.74, 6) is 0. The minimum absolute atomic E-state index is 0.147. The van der Waals surface area contributed by atoms with Crippen LogP contribution >= 0.6 is 11.6 Å². The Kier molecular flexibility index (Phi) is 4.95. The van der Waals surface area contributed by atoms with Crippen molar-refractivity contribution >= 4 is 23.0 Å². The quantitative estimate of drug-likeness (QED) is 0.844. The number of nitrogens with one attached hydrogen (secondary N) is 1. The van der Waals surface area contributed by atoms with Crippen molar-refractivity contribution in [3.8, 4) is 5.69 Å². The monoisotopic (exact) mass is 367 g/mol. The first kappa shape index (κ1) is 17.8. The van der Waals surface area contributed by atoms with Gasteiger partial charge in [-0.1, -0.05) is 23.7 Å². The summed E-state index contributed by atoms with van der Waals surface area (Å²) in [6.45, 7) is 8.72. The van der Waals surface area contributed by atoms with Gasteiger partial charge in [-0.25, -0.2) is 4.68 Å². The number of fused-ring (bicyclic) bond motifs is 1. The molecule has 7 heteroatoms. The molecule has 1 aromatic carbocycles. The molecule has 1 aliphatic heterocycles. The van der Waals surface area contributed by atoms with Gasteiger partial charge in [-0.15, -0.1) is 4.72 Å². The Morgan fingerprint density at radius 2 is 2.17 bits per heavy atom. The number of nitrogens with zero attached hydrogens (tertiary/aromatic N) is 2. The maximum atomic E-state index is 12.4. The van der Waals surface area contributed by atoms with Gasteiger partial charge in [-0.05, 0) is 39.3 Å². The molecular weight excluding hydrogens is 346 g/mol. The molecule has 2 atom stereocenters. The van der Waals surface area contributed by atoms with Gasteiger partial charge in [-0.3, -0.25) is 0 Å². The molecule has 0 amide bonds. The van der Waals surface area contributed by atoms with E-state index in [2.05, 4.69) is 9.82 Å². The molecule has 2 unspecified atom stereocenters. The third-order valence-corrected chi connectivity index (χ3v) is 6.11. The summed E-state index contributed by atoms with van der Waals surface area (Å²) >= 11 is 5.26. The second-order valence-corrected chi connectivity index (χ2v) is 9.31. The molecule has 130 valence electrons. The summed E-state index contributed by atoms with van der Waals surface area (Å²) < 4.78 is 22.8. The van der Waals surface area contributed by atoms with E-state index in [-0.39, 0.29) is 10.8 Å². The van der Waals surface area contributed by atoms with Crippen LogP contribution in [0.25, 0.3) is 5.69 Å². The minimum atomic E-state index is -1.18. The molecule has 0 saturated heterocycles. The van der Waals surface area contributed by atoms with Gasteiger partial charge in [0.2, 0.25) is 0 Å². The zero-order valence-corrected chi connectivity index (χ0v) is 15.9. The Morgan fingerprint density at radius 3 is 2.88 bits per heavy atom. The highest BCUT2D eigenvalue weighted by Crippen LogP contribution is 2.31. The first-order chi connectivity index (χ1) is 11.3. The Bertz CT molecular complexity index is 742. The zero-order chi connectivity index (χ0) is 17.5. The molecule has 1 N–H and O–H groups in total. The van der Waals surface area contributed by atoms with Gasteiger partial charge in [0.05, 0.1) is 35.8 Å². The van der Waals surface area contributed by atoms with Crippen LogP contribution in [0.1, 0.15) is 43.6 Å². The standard InChI is InChI=1S/C17H22ClN3O2S/c1-11-6-5-7-14(16(11)18)21-15-10-23-9-13(12(15)8-19-21)20-24(22)17(2,3)4/h5-8,13,20H,9-10H2,1-4H3. The molecule has 1 aliphatic rings. The number of hydrogen-bond donors (Lipinski definition) is 1. The largest absolute Gasteiger partial charge is 0.598 e. The number of benzene rings is 1. The molecule has 24 heavy (non-hydrogen) atoms. The van der Waals surface area contributed by atoms with Crippen LogP contribution in [0.5, 0.6) is 0 Å². The van der Waals surface area contributed by atoms with Crippen LogP contribution < -0.4 is 4.72 Å². The molecule has 0 radical (unpaired) electrons. The van der Waals surface area contributed by atoms with E-state index in [4.69, 9.17) is 16.3 Å². The second-order valence-electron chi connectivity index (χ2n) is 6.93. The highest BCUT2D eigenvalue weighted by Gasteiger charge is 2.34. The SMILES string of the molecule is Cc1cccc(-n2ncc3c2COCC3N[S+]([O-])C(C)(C)C)c1Cl. The van der Waals surface area contributed by atoms with Crippen LogP contribution in [0.4, 0.5) is 0 Å². The topological polar surface area (TPSA) is 62.1 Å². The average Bonchev–Trinajstić information content (AvgIpc) is 2.94. The molecule has 2 aromatic rings. The number of halogens is 1. The highest BCUT2D eigenvalue weighted by atomic mass is 35.5. The van der Waals surface area contributed by atoms with E-state index in [1.54, 1.807) is 0 Å². The Morgan fingerprint density at radius 1 is 1.42 bits per heavy atom.